The largest absolute Gasteiger partial charge is 0.481 e. The Kier molecular flexibility index (Phi) is 5.75. The Morgan fingerprint density at radius 1 is 1.19 bits per heavy atom. The van der Waals surface area contributed by atoms with Crippen LogP contribution < -0.4 is 4.90 Å². The summed E-state index contributed by atoms with van der Waals surface area (Å²) in [4.78, 5) is 25.1. The predicted molar refractivity (Wildman–Crippen MR) is 79.2 cm³/mol. The van der Waals surface area contributed by atoms with Crippen LogP contribution in [-0.4, -0.2) is 36.7 Å². The van der Waals surface area contributed by atoms with Crippen molar-refractivity contribution in [2.75, 3.05) is 24.7 Å². The zero-order valence-corrected chi connectivity index (χ0v) is 12.0. The number of nitrogens with zero attached hydrogens (tertiary/aromatic N) is 1. The lowest BCUT2D eigenvalue weighted by Gasteiger charge is -2.29. The van der Waals surface area contributed by atoms with Gasteiger partial charge in [-0.05, 0) is 31.4 Å². The van der Waals surface area contributed by atoms with Gasteiger partial charge in [0.05, 0.1) is 0 Å². The monoisotopic (exact) mass is 291 g/mol. The van der Waals surface area contributed by atoms with E-state index in [-0.39, 0.29) is 18.2 Å². The Morgan fingerprint density at radius 3 is 2.48 bits per heavy atom. The summed E-state index contributed by atoms with van der Waals surface area (Å²) in [5, 5.41) is 8.76. The van der Waals surface area contributed by atoms with Crippen LogP contribution >= 0.6 is 0 Å². The van der Waals surface area contributed by atoms with Crippen LogP contribution in [0.25, 0.3) is 0 Å². The summed E-state index contributed by atoms with van der Waals surface area (Å²) in [5.74, 6) is -0.778. The fourth-order valence-electron chi connectivity index (χ4n) is 2.53. The van der Waals surface area contributed by atoms with Crippen LogP contribution in [0.3, 0.4) is 0 Å². The Bertz CT molecular complexity index is 468. The topological polar surface area (TPSA) is 66.8 Å². The van der Waals surface area contributed by atoms with Gasteiger partial charge >= 0.3 is 5.97 Å². The minimum Gasteiger partial charge on any atom is -0.481 e. The van der Waals surface area contributed by atoms with Crippen molar-refractivity contribution in [1.82, 2.24) is 0 Å². The van der Waals surface area contributed by atoms with Crippen molar-refractivity contribution in [1.29, 1.82) is 0 Å². The highest BCUT2D eigenvalue weighted by Crippen LogP contribution is 2.22. The number of anilines is 1. The lowest BCUT2D eigenvalue weighted by molar-refractivity contribution is -0.137. The highest BCUT2D eigenvalue weighted by molar-refractivity contribution is 5.95. The van der Waals surface area contributed by atoms with Crippen LogP contribution in [-0.2, 0) is 14.3 Å². The molecule has 1 saturated heterocycles. The molecule has 0 atom stereocenters. The van der Waals surface area contributed by atoms with E-state index in [9.17, 15) is 9.59 Å². The highest BCUT2D eigenvalue weighted by Gasteiger charge is 2.27. The molecule has 1 amide bonds. The number of para-hydroxylation sites is 1. The number of carboxylic acid groups (broad SMARTS) is 1. The standard InChI is InChI=1S/C16H21NO4/c18-15(19)7-4-10-17(14-5-2-1-3-6-14)16(20)13-8-11-21-12-9-13/h1-3,5-6,13H,4,7-12H2,(H,18,19). The van der Waals surface area contributed by atoms with Crippen molar-refractivity contribution in [3.05, 3.63) is 30.3 Å². The minimum absolute atomic E-state index is 0.0243. The summed E-state index contributed by atoms with van der Waals surface area (Å²) in [6, 6.07) is 9.45. The van der Waals surface area contributed by atoms with Gasteiger partial charge in [0, 0.05) is 37.8 Å². The fraction of sp³-hybridized carbons (Fsp3) is 0.500. The summed E-state index contributed by atoms with van der Waals surface area (Å²) in [7, 11) is 0. The number of benzene rings is 1. The number of carbonyl (C=O) groups excluding carboxylic acids is 1. The van der Waals surface area contributed by atoms with Crippen LogP contribution in [0.15, 0.2) is 30.3 Å². The van der Waals surface area contributed by atoms with Crippen molar-refractivity contribution in [3.63, 3.8) is 0 Å². The molecular weight excluding hydrogens is 270 g/mol. The van der Waals surface area contributed by atoms with E-state index in [4.69, 9.17) is 9.84 Å². The molecule has 0 aliphatic carbocycles. The Morgan fingerprint density at radius 2 is 1.86 bits per heavy atom. The second-order valence-electron chi connectivity index (χ2n) is 5.21. The van der Waals surface area contributed by atoms with Gasteiger partial charge in [-0.15, -0.1) is 0 Å². The van der Waals surface area contributed by atoms with E-state index in [1.54, 1.807) is 4.90 Å². The number of carboxylic acids is 1. The molecule has 0 aromatic heterocycles. The van der Waals surface area contributed by atoms with Crippen molar-refractivity contribution in [3.8, 4) is 0 Å². The third kappa shape index (κ3) is 4.56. The molecule has 1 heterocycles. The van der Waals surface area contributed by atoms with Gasteiger partial charge in [0.15, 0.2) is 0 Å². The number of ether oxygens (including phenoxy) is 1. The molecule has 2 rings (SSSR count). The quantitative estimate of drug-likeness (QED) is 0.873. The van der Waals surface area contributed by atoms with E-state index < -0.39 is 5.97 Å². The first-order chi connectivity index (χ1) is 10.2. The number of hydrogen-bond acceptors (Lipinski definition) is 3. The van der Waals surface area contributed by atoms with E-state index in [0.29, 0.717) is 26.2 Å². The number of rotatable bonds is 6. The van der Waals surface area contributed by atoms with Gasteiger partial charge in [0.25, 0.3) is 0 Å². The molecule has 0 bridgehead atoms. The van der Waals surface area contributed by atoms with Crippen molar-refractivity contribution < 1.29 is 19.4 Å². The Hall–Kier alpha value is -1.88. The summed E-state index contributed by atoms with van der Waals surface area (Å²) in [6.45, 7) is 1.68. The third-order valence-electron chi connectivity index (χ3n) is 3.68. The SMILES string of the molecule is O=C(O)CCCN(C(=O)C1CCOCC1)c1ccccc1. The summed E-state index contributed by atoms with van der Waals surface area (Å²) < 4.78 is 5.30. The van der Waals surface area contributed by atoms with E-state index in [2.05, 4.69) is 0 Å². The first-order valence-corrected chi connectivity index (χ1v) is 7.34. The lowest BCUT2D eigenvalue weighted by Crippen LogP contribution is -2.39. The molecule has 1 aromatic rings. The number of hydrogen-bond donors (Lipinski definition) is 1. The molecule has 5 nitrogen and oxygen atoms in total. The molecule has 1 aromatic carbocycles. The van der Waals surface area contributed by atoms with E-state index in [0.717, 1.165) is 18.5 Å². The second kappa shape index (κ2) is 7.78. The summed E-state index contributed by atoms with van der Waals surface area (Å²) in [5.41, 5.74) is 0.833. The van der Waals surface area contributed by atoms with Gasteiger partial charge in [-0.1, -0.05) is 18.2 Å². The molecule has 0 spiro atoms. The average molecular weight is 291 g/mol. The molecule has 0 unspecified atom stereocenters. The maximum absolute atomic E-state index is 12.7. The molecule has 0 radical (unpaired) electrons. The second-order valence-corrected chi connectivity index (χ2v) is 5.21. The Balaban J connectivity index is 2.06. The van der Waals surface area contributed by atoms with Crippen LogP contribution in [0.1, 0.15) is 25.7 Å². The number of carbonyl (C=O) groups is 2. The smallest absolute Gasteiger partial charge is 0.303 e. The van der Waals surface area contributed by atoms with E-state index in [1.807, 2.05) is 30.3 Å². The zero-order chi connectivity index (χ0) is 15.1. The maximum atomic E-state index is 12.7. The van der Waals surface area contributed by atoms with Gasteiger partial charge in [-0.2, -0.15) is 0 Å². The molecule has 0 saturated carbocycles. The van der Waals surface area contributed by atoms with Crippen LogP contribution in [0.5, 0.6) is 0 Å². The molecule has 1 fully saturated rings. The summed E-state index contributed by atoms with van der Waals surface area (Å²) >= 11 is 0. The van der Waals surface area contributed by atoms with Gasteiger partial charge in [-0.3, -0.25) is 9.59 Å². The van der Waals surface area contributed by atoms with Crippen LogP contribution in [0.4, 0.5) is 5.69 Å². The Labute approximate surface area is 124 Å². The predicted octanol–water partition coefficient (Wildman–Crippen LogP) is 2.31. The van der Waals surface area contributed by atoms with Crippen LogP contribution in [0, 0.1) is 5.92 Å². The maximum Gasteiger partial charge on any atom is 0.303 e. The van der Waals surface area contributed by atoms with Gasteiger partial charge in [0.1, 0.15) is 0 Å². The van der Waals surface area contributed by atoms with Crippen molar-refractivity contribution in [2.45, 2.75) is 25.7 Å². The summed E-state index contributed by atoms with van der Waals surface area (Å²) in [6.07, 6.45) is 2.01. The van der Waals surface area contributed by atoms with Crippen molar-refractivity contribution >= 4 is 17.6 Å². The average Bonchev–Trinajstić information content (AvgIpc) is 2.52. The minimum atomic E-state index is -0.832. The molecule has 1 aliphatic heterocycles. The molecule has 1 N–H and O–H groups in total. The molecular formula is C16H21NO4. The molecule has 1 aliphatic rings. The van der Waals surface area contributed by atoms with Crippen LogP contribution in [0.2, 0.25) is 0 Å². The molecule has 5 heteroatoms. The van der Waals surface area contributed by atoms with E-state index in [1.165, 1.54) is 0 Å². The first-order valence-electron chi connectivity index (χ1n) is 7.34. The zero-order valence-electron chi connectivity index (χ0n) is 12.0. The number of amides is 1. The third-order valence-corrected chi connectivity index (χ3v) is 3.68. The van der Waals surface area contributed by atoms with E-state index >= 15 is 0 Å². The van der Waals surface area contributed by atoms with Gasteiger partial charge in [0.2, 0.25) is 5.91 Å². The molecule has 21 heavy (non-hydrogen) atoms. The molecule has 114 valence electrons. The van der Waals surface area contributed by atoms with Crippen molar-refractivity contribution in [2.24, 2.45) is 5.92 Å². The first kappa shape index (κ1) is 15.5. The highest BCUT2D eigenvalue weighted by atomic mass is 16.5. The lowest BCUT2D eigenvalue weighted by atomic mass is 9.98. The normalized spacial score (nSPS) is 15.6. The van der Waals surface area contributed by atoms with Gasteiger partial charge in [-0.25, -0.2) is 0 Å². The van der Waals surface area contributed by atoms with Gasteiger partial charge < -0.3 is 14.7 Å². The fourth-order valence-corrected chi connectivity index (χ4v) is 2.53. The number of aliphatic carboxylic acids is 1.